The summed E-state index contributed by atoms with van der Waals surface area (Å²) in [4.78, 5) is 26.4. The van der Waals surface area contributed by atoms with Crippen molar-refractivity contribution in [3.8, 4) is 0 Å². The largest absolute Gasteiger partial charge is 0.443 e. The Balaban J connectivity index is 2.06. The molecule has 2 amide bonds. The number of carbonyl (C=O) groups is 2. The van der Waals surface area contributed by atoms with Crippen molar-refractivity contribution < 1.29 is 18.7 Å². The Bertz CT molecular complexity index is 857. The lowest BCUT2D eigenvalue weighted by atomic mass is 9.89. The molecule has 0 unspecified atom stereocenters. The van der Waals surface area contributed by atoms with E-state index in [1.807, 2.05) is 13.0 Å². The zero-order chi connectivity index (χ0) is 19.1. The van der Waals surface area contributed by atoms with Crippen molar-refractivity contribution in [2.24, 2.45) is 0 Å². The lowest BCUT2D eigenvalue weighted by molar-refractivity contribution is -0.129. The Morgan fingerprint density at radius 1 is 1.15 bits per heavy atom. The first kappa shape index (κ1) is 18.1. The molecule has 26 heavy (non-hydrogen) atoms. The molecular formula is C21H22FNO3. The predicted octanol–water partition coefficient (Wildman–Crippen LogP) is 4.68. The maximum atomic E-state index is 16.0. The molecule has 0 bridgehead atoms. The number of nitrogens with zero attached hydrogens (tertiary/aromatic N) is 1. The van der Waals surface area contributed by atoms with Crippen LogP contribution in [0, 0.1) is 6.92 Å². The molecular weight excluding hydrogens is 333 g/mol. The van der Waals surface area contributed by atoms with Crippen molar-refractivity contribution in [2.75, 3.05) is 4.90 Å². The Kier molecular flexibility index (Phi) is 4.34. The summed E-state index contributed by atoms with van der Waals surface area (Å²) in [6, 6.07) is 13.9. The molecule has 5 heteroatoms. The van der Waals surface area contributed by atoms with Gasteiger partial charge in [-0.3, -0.25) is 4.79 Å². The number of fused-ring (bicyclic) bond motifs is 1. The zero-order valence-corrected chi connectivity index (χ0v) is 15.4. The van der Waals surface area contributed by atoms with Gasteiger partial charge in [0.2, 0.25) is 5.67 Å². The van der Waals surface area contributed by atoms with Gasteiger partial charge in [-0.2, -0.15) is 0 Å². The van der Waals surface area contributed by atoms with E-state index in [0.29, 0.717) is 5.56 Å². The molecule has 0 N–H and O–H groups in total. The maximum Gasteiger partial charge on any atom is 0.421 e. The third kappa shape index (κ3) is 3.21. The van der Waals surface area contributed by atoms with E-state index in [0.717, 1.165) is 10.5 Å². The van der Waals surface area contributed by atoms with Crippen molar-refractivity contribution in [1.29, 1.82) is 0 Å². The number of aryl methyl sites for hydroxylation is 1. The average molecular weight is 355 g/mol. The third-order valence-electron chi connectivity index (χ3n) is 4.23. The molecule has 1 aliphatic rings. The Labute approximate surface area is 152 Å². The second kappa shape index (κ2) is 6.24. The molecule has 0 radical (unpaired) electrons. The molecule has 0 aromatic heterocycles. The fraction of sp³-hybridized carbons (Fsp3) is 0.333. The number of ether oxygens (including phenoxy) is 1. The fourth-order valence-corrected chi connectivity index (χ4v) is 3.10. The second-order valence-corrected chi connectivity index (χ2v) is 7.61. The van der Waals surface area contributed by atoms with Crippen LogP contribution in [0.2, 0.25) is 0 Å². The summed E-state index contributed by atoms with van der Waals surface area (Å²) in [6.45, 7) is 6.93. The van der Waals surface area contributed by atoms with Gasteiger partial charge in [0.1, 0.15) is 5.60 Å². The molecule has 0 saturated heterocycles. The smallest absolute Gasteiger partial charge is 0.421 e. The molecule has 4 nitrogen and oxygen atoms in total. The molecule has 2 aromatic carbocycles. The molecule has 0 fully saturated rings. The number of rotatable bonds is 2. The Hall–Kier alpha value is -2.69. The normalized spacial score (nSPS) is 19.4. The van der Waals surface area contributed by atoms with Crippen molar-refractivity contribution in [3.63, 3.8) is 0 Å². The van der Waals surface area contributed by atoms with Gasteiger partial charge >= 0.3 is 6.09 Å². The van der Waals surface area contributed by atoms with Gasteiger partial charge in [0.15, 0.2) is 0 Å². The van der Waals surface area contributed by atoms with Crippen LogP contribution in [0.3, 0.4) is 0 Å². The summed E-state index contributed by atoms with van der Waals surface area (Å²) < 4.78 is 21.3. The standard InChI is InChI=1S/C21H22FNO3/c1-14-10-11-17-16(12-14)21(22,13-15-8-6-5-7-9-15)18(24)23(17)19(25)26-20(2,3)4/h5-12H,13H2,1-4H3/t21-/m1/s1. The summed E-state index contributed by atoms with van der Waals surface area (Å²) in [5, 5.41) is 0. The second-order valence-electron chi connectivity index (χ2n) is 7.61. The molecule has 0 aliphatic carbocycles. The van der Waals surface area contributed by atoms with E-state index in [9.17, 15) is 9.59 Å². The van der Waals surface area contributed by atoms with Crippen LogP contribution in [0.4, 0.5) is 14.9 Å². The van der Waals surface area contributed by atoms with E-state index in [-0.39, 0.29) is 17.7 Å². The third-order valence-corrected chi connectivity index (χ3v) is 4.23. The summed E-state index contributed by atoms with van der Waals surface area (Å²) in [5.41, 5.74) is -1.15. The quantitative estimate of drug-likeness (QED) is 0.785. The minimum Gasteiger partial charge on any atom is -0.443 e. The van der Waals surface area contributed by atoms with E-state index in [1.165, 1.54) is 0 Å². The van der Waals surface area contributed by atoms with Crippen LogP contribution in [0.15, 0.2) is 48.5 Å². The average Bonchev–Trinajstić information content (AvgIpc) is 2.75. The lowest BCUT2D eigenvalue weighted by Gasteiger charge is -2.24. The van der Waals surface area contributed by atoms with E-state index in [4.69, 9.17) is 4.74 Å². The van der Waals surface area contributed by atoms with E-state index in [2.05, 4.69) is 0 Å². The van der Waals surface area contributed by atoms with Gasteiger partial charge in [0, 0.05) is 12.0 Å². The van der Waals surface area contributed by atoms with Gasteiger partial charge < -0.3 is 4.74 Å². The van der Waals surface area contributed by atoms with E-state index in [1.54, 1.807) is 63.2 Å². The fourth-order valence-electron chi connectivity index (χ4n) is 3.10. The monoisotopic (exact) mass is 355 g/mol. The van der Waals surface area contributed by atoms with E-state index < -0.39 is 23.3 Å². The number of amides is 2. The van der Waals surface area contributed by atoms with Crippen LogP contribution in [-0.2, 0) is 21.6 Å². The van der Waals surface area contributed by atoms with Gasteiger partial charge in [-0.1, -0.05) is 48.0 Å². The van der Waals surface area contributed by atoms with Gasteiger partial charge in [-0.05, 0) is 39.3 Å². The molecule has 1 aliphatic heterocycles. The number of carbonyl (C=O) groups excluding carboxylic acids is 2. The molecule has 2 aromatic rings. The number of anilines is 1. The molecule has 1 atom stereocenters. The number of hydrogen-bond acceptors (Lipinski definition) is 3. The summed E-state index contributed by atoms with van der Waals surface area (Å²) in [6.07, 6.45) is -0.997. The van der Waals surface area contributed by atoms with Gasteiger partial charge in [-0.25, -0.2) is 14.1 Å². The minimum absolute atomic E-state index is 0.136. The SMILES string of the molecule is Cc1ccc2c(c1)[C@](F)(Cc1ccccc1)C(=O)N2C(=O)OC(C)(C)C. The first-order chi connectivity index (χ1) is 12.1. The van der Waals surface area contributed by atoms with Crippen LogP contribution < -0.4 is 4.90 Å². The zero-order valence-electron chi connectivity index (χ0n) is 15.4. The number of halogens is 1. The first-order valence-electron chi connectivity index (χ1n) is 8.53. The molecule has 0 spiro atoms. The van der Waals surface area contributed by atoms with Crippen molar-refractivity contribution in [3.05, 3.63) is 65.2 Å². The molecule has 1 heterocycles. The van der Waals surface area contributed by atoms with Crippen molar-refractivity contribution in [1.82, 2.24) is 0 Å². The predicted molar refractivity (Wildman–Crippen MR) is 97.8 cm³/mol. The maximum absolute atomic E-state index is 16.0. The highest BCUT2D eigenvalue weighted by molar-refractivity contribution is 6.20. The number of hydrogen-bond donors (Lipinski definition) is 0. The van der Waals surface area contributed by atoms with Gasteiger partial charge in [-0.15, -0.1) is 0 Å². The van der Waals surface area contributed by atoms with Gasteiger partial charge in [0.25, 0.3) is 5.91 Å². The highest BCUT2D eigenvalue weighted by Crippen LogP contribution is 2.46. The summed E-state index contributed by atoms with van der Waals surface area (Å²) in [5.74, 6) is -0.906. The Morgan fingerprint density at radius 3 is 2.42 bits per heavy atom. The number of imide groups is 1. The van der Waals surface area contributed by atoms with Gasteiger partial charge in [0.05, 0.1) is 5.69 Å². The highest BCUT2D eigenvalue weighted by Gasteiger charge is 2.54. The molecule has 136 valence electrons. The number of benzene rings is 2. The topological polar surface area (TPSA) is 46.6 Å². The first-order valence-corrected chi connectivity index (χ1v) is 8.53. The number of alkyl halides is 1. The Morgan fingerprint density at radius 2 is 1.81 bits per heavy atom. The van der Waals surface area contributed by atoms with Crippen LogP contribution in [0.5, 0.6) is 0 Å². The van der Waals surface area contributed by atoms with E-state index >= 15 is 4.39 Å². The van der Waals surface area contributed by atoms with Crippen LogP contribution in [0.25, 0.3) is 0 Å². The van der Waals surface area contributed by atoms with Crippen LogP contribution >= 0.6 is 0 Å². The lowest BCUT2D eigenvalue weighted by Crippen LogP contribution is -2.44. The molecule has 0 saturated carbocycles. The minimum atomic E-state index is -2.31. The van der Waals surface area contributed by atoms with Crippen LogP contribution in [0.1, 0.15) is 37.5 Å². The summed E-state index contributed by atoms with van der Waals surface area (Å²) in [7, 11) is 0. The van der Waals surface area contributed by atoms with Crippen molar-refractivity contribution >= 4 is 17.7 Å². The molecule has 3 rings (SSSR count). The van der Waals surface area contributed by atoms with Crippen LogP contribution in [-0.4, -0.2) is 17.6 Å². The van der Waals surface area contributed by atoms with Crippen molar-refractivity contribution in [2.45, 2.75) is 45.4 Å². The summed E-state index contributed by atoms with van der Waals surface area (Å²) >= 11 is 0. The highest BCUT2D eigenvalue weighted by atomic mass is 19.1.